The van der Waals surface area contributed by atoms with Crippen molar-refractivity contribution in [1.29, 1.82) is 0 Å². The molecule has 0 radical (unpaired) electrons. The third-order valence-electron chi connectivity index (χ3n) is 7.65. The molecule has 1 aliphatic heterocycles. The van der Waals surface area contributed by atoms with E-state index in [1.54, 1.807) is 0 Å². The molecule has 0 bridgehead atoms. The van der Waals surface area contributed by atoms with E-state index < -0.39 is 0 Å². The number of rotatable bonds is 6. The first-order chi connectivity index (χ1) is 16.0. The molecule has 1 fully saturated rings. The van der Waals surface area contributed by atoms with E-state index in [4.69, 9.17) is 4.98 Å². The molecule has 2 aromatic carbocycles. The van der Waals surface area contributed by atoms with Gasteiger partial charge in [0.15, 0.2) is 0 Å². The second kappa shape index (κ2) is 9.54. The Morgan fingerprint density at radius 2 is 1.67 bits per heavy atom. The maximum atomic E-state index is 12.3. The highest BCUT2D eigenvalue weighted by Gasteiger charge is 2.23. The number of benzene rings is 2. The van der Waals surface area contributed by atoms with Crippen LogP contribution in [0.1, 0.15) is 55.5 Å². The van der Waals surface area contributed by atoms with E-state index in [-0.39, 0.29) is 5.91 Å². The zero-order valence-corrected chi connectivity index (χ0v) is 19.9. The Kier molecular flexibility index (Phi) is 6.34. The van der Waals surface area contributed by atoms with Gasteiger partial charge in [0.05, 0.1) is 5.69 Å². The molecule has 1 aliphatic carbocycles. The summed E-state index contributed by atoms with van der Waals surface area (Å²) in [6.45, 7) is 6.03. The summed E-state index contributed by atoms with van der Waals surface area (Å²) in [7, 11) is 0. The van der Waals surface area contributed by atoms with Crippen LogP contribution in [0.2, 0.25) is 0 Å². The van der Waals surface area contributed by atoms with E-state index in [0.717, 1.165) is 43.0 Å². The van der Waals surface area contributed by atoms with Crippen molar-refractivity contribution in [2.24, 2.45) is 11.8 Å². The Labute approximate surface area is 197 Å². The zero-order chi connectivity index (χ0) is 22.8. The monoisotopic (exact) mass is 441 g/mol. The number of amides is 1. The molecule has 33 heavy (non-hydrogen) atoms. The Morgan fingerprint density at radius 1 is 0.939 bits per heavy atom. The molecule has 3 aromatic rings. The van der Waals surface area contributed by atoms with Crippen molar-refractivity contribution in [2.45, 2.75) is 65.3 Å². The number of aromatic nitrogens is 2. The van der Waals surface area contributed by atoms with Gasteiger partial charge in [-0.15, -0.1) is 0 Å². The fourth-order valence-corrected chi connectivity index (χ4v) is 5.38. The fraction of sp³-hybridized carbons (Fsp3) is 0.448. The van der Waals surface area contributed by atoms with Gasteiger partial charge in [-0.05, 0) is 67.2 Å². The van der Waals surface area contributed by atoms with E-state index in [9.17, 15) is 4.79 Å². The predicted molar refractivity (Wildman–Crippen MR) is 134 cm³/mol. The van der Waals surface area contributed by atoms with Crippen LogP contribution >= 0.6 is 0 Å². The highest BCUT2D eigenvalue weighted by Crippen LogP contribution is 2.29. The number of carbonyl (C=O) groups is 1. The Balaban J connectivity index is 1.20. The molecular formula is C29H35N3O. The minimum Gasteiger partial charge on any atom is -0.356 e. The Morgan fingerprint density at radius 3 is 2.42 bits per heavy atom. The lowest BCUT2D eigenvalue weighted by atomic mass is 9.99. The smallest absolute Gasteiger partial charge is 0.220 e. The molecule has 1 unspecified atom stereocenters. The van der Waals surface area contributed by atoms with Crippen LogP contribution in [-0.4, -0.2) is 22.0 Å². The molecule has 1 atom stereocenters. The van der Waals surface area contributed by atoms with E-state index in [1.165, 1.54) is 47.9 Å². The molecule has 0 spiro atoms. The number of nitrogens with zero attached hydrogens (tertiary/aromatic N) is 2. The second-order valence-corrected chi connectivity index (χ2v) is 10.1. The van der Waals surface area contributed by atoms with Gasteiger partial charge in [0.25, 0.3) is 0 Å². The van der Waals surface area contributed by atoms with Gasteiger partial charge in [-0.2, -0.15) is 0 Å². The lowest BCUT2D eigenvalue weighted by Gasteiger charge is -2.24. The fourth-order valence-electron chi connectivity index (χ4n) is 5.38. The minimum atomic E-state index is 0.239. The van der Waals surface area contributed by atoms with Crippen LogP contribution in [0.25, 0.3) is 22.4 Å². The average molecular weight is 442 g/mol. The SMILES string of the molecule is Cc1ccc(-c2ccc(-c3cn4c(n3)CCC(CNC(=O)CC3CCCC3)C4)cc2)cc1C. The molecule has 0 saturated heterocycles. The number of carbonyl (C=O) groups excluding carboxylic acids is 1. The first-order valence-corrected chi connectivity index (χ1v) is 12.6. The number of hydrogen-bond donors (Lipinski definition) is 1. The number of aryl methyl sites for hydroxylation is 3. The summed E-state index contributed by atoms with van der Waals surface area (Å²) >= 11 is 0. The minimum absolute atomic E-state index is 0.239. The third kappa shape index (κ3) is 5.05. The standard InChI is InChI=1S/C29H35N3O/c1-20-7-9-26(15-21(20)2)24-10-12-25(13-11-24)27-19-32-18-23(8-14-28(32)31-27)17-30-29(33)16-22-5-3-4-6-22/h7,9-13,15,19,22-23H,3-6,8,14,16-18H2,1-2H3,(H,30,33). The molecule has 1 N–H and O–H groups in total. The largest absolute Gasteiger partial charge is 0.356 e. The lowest BCUT2D eigenvalue weighted by molar-refractivity contribution is -0.122. The van der Waals surface area contributed by atoms with Crippen LogP contribution < -0.4 is 5.32 Å². The summed E-state index contributed by atoms with van der Waals surface area (Å²) in [6.07, 6.45) is 10.0. The number of imidazole rings is 1. The summed E-state index contributed by atoms with van der Waals surface area (Å²) in [6, 6.07) is 15.4. The van der Waals surface area contributed by atoms with Crippen LogP contribution in [0, 0.1) is 25.7 Å². The van der Waals surface area contributed by atoms with Crippen LogP contribution in [-0.2, 0) is 17.8 Å². The molecule has 1 aromatic heterocycles. The first kappa shape index (κ1) is 21.9. The summed E-state index contributed by atoms with van der Waals surface area (Å²) in [4.78, 5) is 17.2. The summed E-state index contributed by atoms with van der Waals surface area (Å²) < 4.78 is 2.30. The lowest BCUT2D eigenvalue weighted by Crippen LogP contribution is -2.34. The van der Waals surface area contributed by atoms with Crippen molar-refractivity contribution in [1.82, 2.24) is 14.9 Å². The van der Waals surface area contributed by atoms with Crippen LogP contribution in [0.15, 0.2) is 48.7 Å². The van der Waals surface area contributed by atoms with Crippen molar-refractivity contribution in [3.63, 3.8) is 0 Å². The topological polar surface area (TPSA) is 46.9 Å². The first-order valence-electron chi connectivity index (χ1n) is 12.6. The van der Waals surface area contributed by atoms with Gasteiger partial charge in [-0.25, -0.2) is 4.98 Å². The quantitative estimate of drug-likeness (QED) is 0.503. The maximum absolute atomic E-state index is 12.3. The van der Waals surface area contributed by atoms with E-state index in [2.05, 4.69) is 72.4 Å². The van der Waals surface area contributed by atoms with Crippen molar-refractivity contribution < 1.29 is 4.79 Å². The van der Waals surface area contributed by atoms with Gasteiger partial charge in [0, 0.05) is 37.7 Å². The summed E-state index contributed by atoms with van der Waals surface area (Å²) in [5.41, 5.74) is 7.34. The number of fused-ring (bicyclic) bond motifs is 1. The van der Waals surface area contributed by atoms with Crippen LogP contribution in [0.3, 0.4) is 0 Å². The molecule has 5 rings (SSSR count). The van der Waals surface area contributed by atoms with Gasteiger partial charge >= 0.3 is 0 Å². The Hall–Kier alpha value is -2.88. The molecule has 1 saturated carbocycles. The van der Waals surface area contributed by atoms with E-state index >= 15 is 0 Å². The molecule has 2 aliphatic rings. The van der Waals surface area contributed by atoms with E-state index in [1.807, 2.05) is 0 Å². The molecular weight excluding hydrogens is 406 g/mol. The van der Waals surface area contributed by atoms with Crippen molar-refractivity contribution in [3.8, 4) is 22.4 Å². The third-order valence-corrected chi connectivity index (χ3v) is 7.65. The van der Waals surface area contributed by atoms with Gasteiger partial charge in [-0.3, -0.25) is 4.79 Å². The average Bonchev–Trinajstić information content (AvgIpc) is 3.49. The van der Waals surface area contributed by atoms with Crippen molar-refractivity contribution in [2.75, 3.05) is 6.54 Å². The molecule has 2 heterocycles. The van der Waals surface area contributed by atoms with Gasteiger partial charge in [0.2, 0.25) is 5.91 Å². The molecule has 1 amide bonds. The maximum Gasteiger partial charge on any atom is 0.220 e. The van der Waals surface area contributed by atoms with Crippen LogP contribution in [0.5, 0.6) is 0 Å². The summed E-state index contributed by atoms with van der Waals surface area (Å²) in [5, 5.41) is 3.21. The van der Waals surface area contributed by atoms with Gasteiger partial charge < -0.3 is 9.88 Å². The van der Waals surface area contributed by atoms with Crippen molar-refractivity contribution >= 4 is 5.91 Å². The number of nitrogens with one attached hydrogen (secondary N) is 1. The van der Waals surface area contributed by atoms with Crippen LogP contribution in [0.4, 0.5) is 0 Å². The second-order valence-electron chi connectivity index (χ2n) is 10.1. The highest BCUT2D eigenvalue weighted by atomic mass is 16.1. The summed E-state index contributed by atoms with van der Waals surface area (Å²) in [5.74, 6) is 2.50. The zero-order valence-electron chi connectivity index (χ0n) is 19.9. The molecule has 4 heteroatoms. The predicted octanol–water partition coefficient (Wildman–Crippen LogP) is 6.09. The van der Waals surface area contributed by atoms with Gasteiger partial charge in [0.1, 0.15) is 5.82 Å². The van der Waals surface area contributed by atoms with Crippen molar-refractivity contribution in [3.05, 3.63) is 65.6 Å². The van der Waals surface area contributed by atoms with E-state index in [0.29, 0.717) is 18.3 Å². The van der Waals surface area contributed by atoms with Gasteiger partial charge in [-0.1, -0.05) is 55.3 Å². The normalized spacial score (nSPS) is 18.3. The Bertz CT molecular complexity index is 1120. The number of hydrogen-bond acceptors (Lipinski definition) is 2. The molecule has 4 nitrogen and oxygen atoms in total. The molecule has 172 valence electrons. The highest BCUT2D eigenvalue weighted by molar-refractivity contribution is 5.76.